The molecule has 0 spiro atoms. The Morgan fingerprint density at radius 2 is 1.84 bits per heavy atom. The first-order chi connectivity index (χ1) is 15.5. The van der Waals surface area contributed by atoms with Crippen molar-refractivity contribution in [2.24, 2.45) is 0 Å². The summed E-state index contributed by atoms with van der Waals surface area (Å²) in [6.07, 6.45) is 2.04. The fourth-order valence-electron chi connectivity index (χ4n) is 2.97. The Morgan fingerprint density at radius 3 is 2.59 bits per heavy atom. The summed E-state index contributed by atoms with van der Waals surface area (Å²) in [6, 6.07) is 13.5. The molecular formula is C23H26N4O5. The second kappa shape index (κ2) is 11.5. The number of phenolic OH excluding ortho intramolecular Hbond substituents is 1. The van der Waals surface area contributed by atoms with Crippen molar-refractivity contribution in [3.63, 3.8) is 0 Å². The van der Waals surface area contributed by atoms with Gasteiger partial charge < -0.3 is 25.0 Å². The van der Waals surface area contributed by atoms with Crippen LogP contribution in [0, 0.1) is 0 Å². The smallest absolute Gasteiger partial charge is 0.251 e. The van der Waals surface area contributed by atoms with Crippen LogP contribution < -0.4 is 15.4 Å². The number of nitrogens with one attached hydrogen (secondary N) is 2. The summed E-state index contributed by atoms with van der Waals surface area (Å²) in [4.78, 5) is 28.3. The average Bonchev–Trinajstić information content (AvgIpc) is 3.27. The first kappa shape index (κ1) is 22.8. The van der Waals surface area contributed by atoms with Crippen LogP contribution in [0.5, 0.6) is 11.5 Å². The highest BCUT2D eigenvalue weighted by atomic mass is 16.5. The lowest BCUT2D eigenvalue weighted by molar-refractivity contribution is -0.121. The Labute approximate surface area is 185 Å². The van der Waals surface area contributed by atoms with Gasteiger partial charge in [-0.2, -0.15) is 4.98 Å². The number of methoxy groups -OCH3 is 1. The molecular weight excluding hydrogens is 412 g/mol. The van der Waals surface area contributed by atoms with Crippen molar-refractivity contribution in [3.05, 3.63) is 60.0 Å². The largest absolute Gasteiger partial charge is 0.508 e. The number of ether oxygens (including phenoxy) is 1. The van der Waals surface area contributed by atoms with Gasteiger partial charge in [-0.1, -0.05) is 11.2 Å². The van der Waals surface area contributed by atoms with Gasteiger partial charge in [0.2, 0.25) is 17.6 Å². The monoisotopic (exact) mass is 438 g/mol. The summed E-state index contributed by atoms with van der Waals surface area (Å²) in [6.45, 7) is 0.881. The van der Waals surface area contributed by atoms with E-state index in [-0.39, 0.29) is 17.6 Å². The maximum Gasteiger partial charge on any atom is 0.251 e. The summed E-state index contributed by atoms with van der Waals surface area (Å²) in [5.41, 5.74) is 1.22. The third-order valence-corrected chi connectivity index (χ3v) is 4.68. The van der Waals surface area contributed by atoms with Crippen LogP contribution in [0.4, 0.5) is 0 Å². The second-order valence-corrected chi connectivity index (χ2v) is 7.10. The summed E-state index contributed by atoms with van der Waals surface area (Å²) in [7, 11) is 1.61. The molecule has 0 bridgehead atoms. The number of carbonyl (C=O) groups is 2. The summed E-state index contributed by atoms with van der Waals surface area (Å²) in [5, 5.41) is 19.0. The van der Waals surface area contributed by atoms with Gasteiger partial charge in [0.15, 0.2) is 0 Å². The van der Waals surface area contributed by atoms with Gasteiger partial charge in [-0.25, -0.2) is 0 Å². The molecule has 3 N–H and O–H groups in total. The predicted molar refractivity (Wildman–Crippen MR) is 117 cm³/mol. The number of carbonyl (C=O) groups excluding carboxylic acids is 2. The number of benzene rings is 2. The average molecular weight is 438 g/mol. The number of aromatic nitrogens is 2. The molecule has 2 amide bonds. The van der Waals surface area contributed by atoms with E-state index in [2.05, 4.69) is 20.8 Å². The van der Waals surface area contributed by atoms with E-state index in [4.69, 9.17) is 9.26 Å². The van der Waals surface area contributed by atoms with Gasteiger partial charge in [-0.05, 0) is 55.3 Å². The topological polar surface area (TPSA) is 127 Å². The van der Waals surface area contributed by atoms with Crippen LogP contribution in [0.2, 0.25) is 0 Å². The van der Waals surface area contributed by atoms with Crippen molar-refractivity contribution in [3.8, 4) is 22.9 Å². The van der Waals surface area contributed by atoms with Crippen LogP contribution in [0.25, 0.3) is 11.4 Å². The zero-order valence-electron chi connectivity index (χ0n) is 17.8. The maximum atomic E-state index is 12.0. The minimum absolute atomic E-state index is 0.0439. The standard InChI is InChI=1S/C23H26N4O5/c1-31-19-11-9-16(10-12-19)22-26-21(32-27-22)8-3-7-20(29)24-13-4-14-25-23(30)17-5-2-6-18(28)15-17/h2,5-6,9-12,15,28H,3-4,7-8,13-14H2,1H3,(H,24,29)(H,25,30). The second-order valence-electron chi connectivity index (χ2n) is 7.10. The molecule has 2 aromatic carbocycles. The van der Waals surface area contributed by atoms with Crippen molar-refractivity contribution < 1.29 is 24.0 Å². The molecule has 3 aromatic rings. The van der Waals surface area contributed by atoms with Crippen molar-refractivity contribution >= 4 is 11.8 Å². The van der Waals surface area contributed by atoms with Crippen molar-refractivity contribution in [1.29, 1.82) is 0 Å². The first-order valence-electron chi connectivity index (χ1n) is 10.4. The Hall–Kier alpha value is -3.88. The van der Waals surface area contributed by atoms with Gasteiger partial charge in [0.25, 0.3) is 5.91 Å². The molecule has 0 unspecified atom stereocenters. The lowest BCUT2D eigenvalue weighted by atomic mass is 10.2. The molecule has 1 aromatic heterocycles. The van der Waals surface area contributed by atoms with Crippen molar-refractivity contribution in [2.45, 2.75) is 25.7 Å². The molecule has 0 saturated heterocycles. The molecule has 3 rings (SSSR count). The molecule has 9 nitrogen and oxygen atoms in total. The third-order valence-electron chi connectivity index (χ3n) is 4.68. The number of aromatic hydroxyl groups is 1. The number of rotatable bonds is 11. The Bertz CT molecular complexity index is 1030. The number of nitrogens with zero attached hydrogens (tertiary/aromatic N) is 2. The first-order valence-corrected chi connectivity index (χ1v) is 10.4. The van der Waals surface area contributed by atoms with E-state index in [1.165, 1.54) is 12.1 Å². The van der Waals surface area contributed by atoms with Crippen LogP contribution in [0.1, 0.15) is 35.5 Å². The molecule has 168 valence electrons. The van der Waals surface area contributed by atoms with Gasteiger partial charge >= 0.3 is 0 Å². The molecule has 0 aliphatic rings. The highest BCUT2D eigenvalue weighted by Crippen LogP contribution is 2.20. The number of hydrogen-bond donors (Lipinski definition) is 3. The van der Waals surface area contributed by atoms with Gasteiger partial charge in [0, 0.05) is 37.1 Å². The van der Waals surface area contributed by atoms with E-state index in [0.717, 1.165) is 11.3 Å². The lowest BCUT2D eigenvalue weighted by Gasteiger charge is -2.07. The summed E-state index contributed by atoms with van der Waals surface area (Å²) >= 11 is 0. The molecule has 0 radical (unpaired) electrons. The van der Waals surface area contributed by atoms with E-state index < -0.39 is 0 Å². The Morgan fingerprint density at radius 1 is 1.06 bits per heavy atom. The molecule has 32 heavy (non-hydrogen) atoms. The van der Waals surface area contributed by atoms with E-state index in [1.54, 1.807) is 19.2 Å². The predicted octanol–water partition coefficient (Wildman–Crippen LogP) is 2.71. The molecule has 0 fully saturated rings. The van der Waals surface area contributed by atoms with Crippen LogP contribution in [-0.2, 0) is 11.2 Å². The quantitative estimate of drug-likeness (QED) is 0.393. The van der Waals surface area contributed by atoms with E-state index in [9.17, 15) is 14.7 Å². The Balaban J connectivity index is 1.29. The lowest BCUT2D eigenvalue weighted by Crippen LogP contribution is -2.29. The fraction of sp³-hybridized carbons (Fsp3) is 0.304. The minimum Gasteiger partial charge on any atom is -0.508 e. The van der Waals surface area contributed by atoms with Crippen LogP contribution in [-0.4, -0.2) is 47.3 Å². The maximum absolute atomic E-state index is 12.0. The Kier molecular flexibility index (Phi) is 8.19. The van der Waals surface area contributed by atoms with E-state index >= 15 is 0 Å². The zero-order valence-corrected chi connectivity index (χ0v) is 17.8. The number of phenols is 1. The number of hydrogen-bond acceptors (Lipinski definition) is 7. The molecule has 0 aliphatic carbocycles. The van der Waals surface area contributed by atoms with E-state index in [1.807, 2.05) is 24.3 Å². The van der Waals surface area contributed by atoms with Crippen LogP contribution >= 0.6 is 0 Å². The van der Waals surface area contributed by atoms with E-state index in [0.29, 0.717) is 56.1 Å². The SMILES string of the molecule is COc1ccc(-c2noc(CCCC(=O)NCCCNC(=O)c3cccc(O)c3)n2)cc1. The number of aryl methyl sites for hydroxylation is 1. The molecule has 1 heterocycles. The van der Waals surface area contributed by atoms with Crippen LogP contribution in [0.3, 0.4) is 0 Å². The van der Waals surface area contributed by atoms with Crippen molar-refractivity contribution in [1.82, 2.24) is 20.8 Å². The van der Waals surface area contributed by atoms with Gasteiger partial charge in [0.05, 0.1) is 7.11 Å². The van der Waals surface area contributed by atoms with Crippen molar-refractivity contribution in [2.75, 3.05) is 20.2 Å². The highest BCUT2D eigenvalue weighted by Gasteiger charge is 2.10. The van der Waals surface area contributed by atoms with Gasteiger partial charge in [-0.15, -0.1) is 0 Å². The molecule has 0 saturated carbocycles. The summed E-state index contributed by atoms with van der Waals surface area (Å²) < 4.78 is 10.4. The fourth-order valence-corrected chi connectivity index (χ4v) is 2.97. The minimum atomic E-state index is -0.263. The summed E-state index contributed by atoms with van der Waals surface area (Å²) in [5.74, 6) is 1.45. The normalized spacial score (nSPS) is 10.5. The highest BCUT2D eigenvalue weighted by molar-refractivity contribution is 5.94. The van der Waals surface area contributed by atoms with Gasteiger partial charge in [-0.3, -0.25) is 9.59 Å². The molecule has 9 heteroatoms. The molecule has 0 atom stereocenters. The zero-order chi connectivity index (χ0) is 22.8. The number of amides is 2. The van der Waals surface area contributed by atoms with Gasteiger partial charge in [0.1, 0.15) is 11.5 Å². The molecule has 0 aliphatic heterocycles. The van der Waals surface area contributed by atoms with Crippen LogP contribution in [0.15, 0.2) is 53.1 Å². The third kappa shape index (κ3) is 6.83.